The third kappa shape index (κ3) is 4.85. The molecule has 27 heavy (non-hydrogen) atoms. The van der Waals surface area contributed by atoms with Crippen LogP contribution < -0.4 is 10.7 Å². The summed E-state index contributed by atoms with van der Waals surface area (Å²) < 4.78 is 0. The van der Waals surface area contributed by atoms with Crippen LogP contribution in [0.5, 0.6) is 0 Å². The molecule has 0 aliphatic carbocycles. The Morgan fingerprint density at radius 1 is 0.963 bits per heavy atom. The molecule has 0 bridgehead atoms. The number of anilines is 1. The molecule has 2 amide bonds. The van der Waals surface area contributed by atoms with Gasteiger partial charge < -0.3 is 5.32 Å². The maximum Gasteiger partial charge on any atom is 0.271 e. The van der Waals surface area contributed by atoms with E-state index in [2.05, 4.69) is 20.8 Å². The van der Waals surface area contributed by atoms with Gasteiger partial charge >= 0.3 is 0 Å². The van der Waals surface area contributed by atoms with Gasteiger partial charge in [-0.25, -0.2) is 5.43 Å². The van der Waals surface area contributed by atoms with E-state index >= 15 is 0 Å². The Morgan fingerprint density at radius 3 is 2.56 bits per heavy atom. The summed E-state index contributed by atoms with van der Waals surface area (Å²) in [5.41, 5.74) is 5.47. The lowest BCUT2D eigenvalue weighted by atomic mass is 10.1. The van der Waals surface area contributed by atoms with E-state index in [1.165, 1.54) is 6.21 Å². The molecule has 0 aliphatic heterocycles. The Labute approximate surface area is 157 Å². The molecule has 0 spiro atoms. The highest BCUT2D eigenvalue weighted by molar-refractivity contribution is 6.06. The van der Waals surface area contributed by atoms with Crippen molar-refractivity contribution in [3.8, 4) is 0 Å². The van der Waals surface area contributed by atoms with Gasteiger partial charge in [-0.15, -0.1) is 0 Å². The molecule has 0 atom stereocenters. The number of amides is 2. The van der Waals surface area contributed by atoms with Crippen molar-refractivity contribution in [2.45, 2.75) is 6.92 Å². The summed E-state index contributed by atoms with van der Waals surface area (Å²) in [6.45, 7) is 1.87. The fraction of sp³-hybridized carbons (Fsp3) is 0.0476. The minimum absolute atomic E-state index is 0.223. The summed E-state index contributed by atoms with van der Waals surface area (Å²) in [6.07, 6.45) is 3.10. The number of hydrogen-bond donors (Lipinski definition) is 2. The van der Waals surface area contributed by atoms with Crippen molar-refractivity contribution >= 4 is 23.7 Å². The van der Waals surface area contributed by atoms with Crippen LogP contribution in [-0.4, -0.2) is 23.0 Å². The first-order valence-corrected chi connectivity index (χ1v) is 8.35. The molecule has 0 radical (unpaired) electrons. The van der Waals surface area contributed by atoms with Crippen molar-refractivity contribution in [1.29, 1.82) is 0 Å². The van der Waals surface area contributed by atoms with Gasteiger partial charge in [-0.05, 0) is 48.9 Å². The molecule has 1 heterocycles. The Morgan fingerprint density at radius 2 is 1.78 bits per heavy atom. The first kappa shape index (κ1) is 18.0. The molecule has 2 N–H and O–H groups in total. The summed E-state index contributed by atoms with van der Waals surface area (Å²) >= 11 is 0. The highest BCUT2D eigenvalue weighted by Gasteiger charge is 2.10. The fourth-order valence-electron chi connectivity index (χ4n) is 2.44. The molecule has 0 saturated heterocycles. The van der Waals surface area contributed by atoms with Crippen molar-refractivity contribution in [1.82, 2.24) is 10.4 Å². The van der Waals surface area contributed by atoms with Crippen molar-refractivity contribution in [3.63, 3.8) is 0 Å². The average Bonchev–Trinajstić information content (AvgIpc) is 2.69. The summed E-state index contributed by atoms with van der Waals surface area (Å²) in [7, 11) is 0. The Kier molecular flexibility index (Phi) is 5.69. The molecular formula is C21H18N4O2. The quantitative estimate of drug-likeness (QED) is 0.541. The zero-order valence-corrected chi connectivity index (χ0v) is 14.7. The SMILES string of the molecule is Cc1ccccc1C(=O)Nc1cccc(C(=O)NN=Cc2ccccn2)c1. The number of hydrogen-bond acceptors (Lipinski definition) is 4. The van der Waals surface area contributed by atoms with E-state index in [4.69, 9.17) is 0 Å². The molecule has 3 aromatic rings. The minimum Gasteiger partial charge on any atom is -0.322 e. The largest absolute Gasteiger partial charge is 0.322 e. The van der Waals surface area contributed by atoms with Crippen LogP contribution in [0, 0.1) is 6.92 Å². The first-order valence-electron chi connectivity index (χ1n) is 8.35. The topological polar surface area (TPSA) is 83.5 Å². The van der Waals surface area contributed by atoms with Crippen LogP contribution in [0.25, 0.3) is 0 Å². The number of carbonyl (C=O) groups is 2. The van der Waals surface area contributed by atoms with Gasteiger partial charge in [0.2, 0.25) is 0 Å². The van der Waals surface area contributed by atoms with Crippen LogP contribution in [0.2, 0.25) is 0 Å². The maximum absolute atomic E-state index is 12.4. The molecule has 0 fully saturated rings. The predicted molar refractivity (Wildman–Crippen MR) is 105 cm³/mol. The van der Waals surface area contributed by atoms with Crippen LogP contribution in [0.4, 0.5) is 5.69 Å². The second-order valence-corrected chi connectivity index (χ2v) is 5.80. The van der Waals surface area contributed by atoms with E-state index in [1.54, 1.807) is 48.7 Å². The number of hydrazone groups is 1. The van der Waals surface area contributed by atoms with Gasteiger partial charge in [-0.1, -0.05) is 30.3 Å². The average molecular weight is 358 g/mol. The fourth-order valence-corrected chi connectivity index (χ4v) is 2.44. The van der Waals surface area contributed by atoms with Crippen LogP contribution in [0.3, 0.4) is 0 Å². The van der Waals surface area contributed by atoms with Crippen molar-refractivity contribution < 1.29 is 9.59 Å². The first-order chi connectivity index (χ1) is 13.1. The van der Waals surface area contributed by atoms with Gasteiger partial charge in [-0.2, -0.15) is 5.10 Å². The predicted octanol–water partition coefficient (Wildman–Crippen LogP) is 3.41. The monoisotopic (exact) mass is 358 g/mol. The number of aryl methyl sites for hydroxylation is 1. The molecule has 0 aliphatic rings. The van der Waals surface area contributed by atoms with Crippen molar-refractivity contribution in [2.75, 3.05) is 5.32 Å². The molecule has 3 rings (SSSR count). The molecule has 6 heteroatoms. The van der Waals surface area contributed by atoms with Crippen molar-refractivity contribution in [3.05, 3.63) is 95.3 Å². The zero-order valence-electron chi connectivity index (χ0n) is 14.7. The number of nitrogens with one attached hydrogen (secondary N) is 2. The number of nitrogens with zero attached hydrogens (tertiary/aromatic N) is 2. The Hall–Kier alpha value is -3.80. The molecule has 6 nitrogen and oxygen atoms in total. The second kappa shape index (κ2) is 8.53. The van der Waals surface area contributed by atoms with Gasteiger partial charge in [-0.3, -0.25) is 14.6 Å². The lowest BCUT2D eigenvalue weighted by Gasteiger charge is -2.08. The number of rotatable bonds is 5. The lowest BCUT2D eigenvalue weighted by molar-refractivity contribution is 0.0953. The van der Waals surface area contributed by atoms with Gasteiger partial charge in [0, 0.05) is 23.0 Å². The summed E-state index contributed by atoms with van der Waals surface area (Å²) in [4.78, 5) is 28.7. The normalized spacial score (nSPS) is 10.6. The summed E-state index contributed by atoms with van der Waals surface area (Å²) in [6, 6.07) is 19.4. The standard InChI is InChI=1S/C21H18N4O2/c1-15-7-2-3-11-19(15)21(27)24-17-10-6-8-16(13-17)20(26)25-23-14-18-9-4-5-12-22-18/h2-14H,1H3,(H,24,27)(H,25,26). The molecular weight excluding hydrogens is 340 g/mol. The van der Waals surface area contributed by atoms with Gasteiger partial charge in [0.25, 0.3) is 11.8 Å². The third-order valence-electron chi connectivity index (χ3n) is 3.82. The maximum atomic E-state index is 12.4. The van der Waals surface area contributed by atoms with E-state index in [9.17, 15) is 9.59 Å². The lowest BCUT2D eigenvalue weighted by Crippen LogP contribution is -2.18. The van der Waals surface area contributed by atoms with E-state index in [-0.39, 0.29) is 11.8 Å². The van der Waals surface area contributed by atoms with Crippen LogP contribution in [-0.2, 0) is 0 Å². The number of pyridine rings is 1. The molecule has 0 unspecified atom stereocenters. The van der Waals surface area contributed by atoms with E-state index in [0.29, 0.717) is 22.5 Å². The molecule has 2 aromatic carbocycles. The van der Waals surface area contributed by atoms with Gasteiger partial charge in [0.1, 0.15) is 0 Å². The van der Waals surface area contributed by atoms with Crippen LogP contribution in [0.15, 0.2) is 78.0 Å². The number of carbonyl (C=O) groups excluding carboxylic acids is 2. The van der Waals surface area contributed by atoms with E-state index in [1.807, 2.05) is 31.2 Å². The highest BCUT2D eigenvalue weighted by Crippen LogP contribution is 2.14. The molecule has 134 valence electrons. The van der Waals surface area contributed by atoms with Gasteiger partial charge in [0.05, 0.1) is 11.9 Å². The molecule has 0 saturated carbocycles. The number of benzene rings is 2. The Bertz CT molecular complexity index is 984. The summed E-state index contributed by atoms with van der Waals surface area (Å²) in [5.74, 6) is -0.604. The summed E-state index contributed by atoms with van der Waals surface area (Å²) in [5, 5.41) is 6.70. The van der Waals surface area contributed by atoms with Gasteiger partial charge in [0.15, 0.2) is 0 Å². The number of aromatic nitrogens is 1. The van der Waals surface area contributed by atoms with Crippen LogP contribution >= 0.6 is 0 Å². The Balaban J connectivity index is 1.66. The third-order valence-corrected chi connectivity index (χ3v) is 3.82. The van der Waals surface area contributed by atoms with Crippen molar-refractivity contribution in [2.24, 2.45) is 5.10 Å². The van der Waals surface area contributed by atoms with Crippen LogP contribution in [0.1, 0.15) is 32.0 Å². The molecule has 1 aromatic heterocycles. The van der Waals surface area contributed by atoms with E-state index < -0.39 is 0 Å². The highest BCUT2D eigenvalue weighted by atomic mass is 16.2. The minimum atomic E-state index is -0.380. The second-order valence-electron chi connectivity index (χ2n) is 5.80. The smallest absolute Gasteiger partial charge is 0.271 e. The zero-order chi connectivity index (χ0) is 19.1. The van der Waals surface area contributed by atoms with E-state index in [0.717, 1.165) is 5.56 Å².